The van der Waals surface area contributed by atoms with Gasteiger partial charge in [-0.2, -0.15) is 8.42 Å². The van der Waals surface area contributed by atoms with E-state index in [-0.39, 0.29) is 10.8 Å². The Labute approximate surface area is 200 Å². The quantitative estimate of drug-likeness (QED) is 0.686. The molecule has 0 bridgehead atoms. The minimum absolute atomic E-state index is 0.0160. The van der Waals surface area contributed by atoms with Crippen molar-refractivity contribution in [2.75, 3.05) is 32.1 Å². The number of halogens is 1. The fraction of sp³-hybridized carbons (Fsp3) is 0.440. The molecule has 2 aromatic rings. The molecule has 0 aliphatic carbocycles. The second kappa shape index (κ2) is 10.2. The molecule has 0 aromatic heterocycles. The van der Waals surface area contributed by atoms with Crippen LogP contribution in [-0.2, 0) is 25.0 Å². The molecular weight excluding hydrogens is 457 g/mol. The van der Waals surface area contributed by atoms with Crippen molar-refractivity contribution in [2.24, 2.45) is 4.40 Å². The molecule has 2 heterocycles. The molecule has 2 aliphatic rings. The first-order chi connectivity index (χ1) is 16.3. The molecule has 4 rings (SSSR count). The van der Waals surface area contributed by atoms with E-state index in [2.05, 4.69) is 9.71 Å². The lowest BCUT2D eigenvalue weighted by molar-refractivity contribution is -0.125. The number of hydrogen-bond donors (Lipinski definition) is 1. The number of benzene rings is 2. The molecule has 0 atom stereocenters. The van der Waals surface area contributed by atoms with Crippen LogP contribution < -0.4 is 5.32 Å². The maximum absolute atomic E-state index is 14.0. The van der Waals surface area contributed by atoms with Gasteiger partial charge in [0.1, 0.15) is 11.7 Å². The molecule has 2 fully saturated rings. The maximum Gasteiger partial charge on any atom is 0.284 e. The van der Waals surface area contributed by atoms with Crippen LogP contribution in [0.1, 0.15) is 44.1 Å². The van der Waals surface area contributed by atoms with Crippen LogP contribution >= 0.6 is 0 Å². The van der Waals surface area contributed by atoms with Gasteiger partial charge in [-0.15, -0.1) is 4.40 Å². The standard InChI is InChI=1S/C25H30FN3O4S/c1-29-14-4-2-3-11-23(29)28-34(31,32)22-10-6-9-21(18-22)27-24(30)25(12-15-33-16-13-25)19-7-5-8-20(26)17-19/h5-10,17-18H,2-4,11-16H2,1H3,(H,27,30)/b28-23+. The van der Waals surface area contributed by atoms with Crippen molar-refractivity contribution in [3.8, 4) is 0 Å². The number of hydrogen-bond acceptors (Lipinski definition) is 4. The van der Waals surface area contributed by atoms with E-state index in [0.717, 1.165) is 25.8 Å². The number of carbonyl (C=O) groups excluding carboxylic acids is 1. The number of rotatable bonds is 5. The predicted molar refractivity (Wildman–Crippen MR) is 129 cm³/mol. The summed E-state index contributed by atoms with van der Waals surface area (Å²) in [6.45, 7) is 1.53. The molecule has 1 N–H and O–H groups in total. The van der Waals surface area contributed by atoms with Gasteiger partial charge in [0.05, 0.1) is 10.3 Å². The number of nitrogens with zero attached hydrogens (tertiary/aromatic N) is 2. The lowest BCUT2D eigenvalue weighted by atomic mass is 9.73. The predicted octanol–water partition coefficient (Wildman–Crippen LogP) is 4.11. The Morgan fingerprint density at radius 1 is 1.09 bits per heavy atom. The summed E-state index contributed by atoms with van der Waals surface area (Å²) >= 11 is 0. The highest BCUT2D eigenvalue weighted by Crippen LogP contribution is 2.36. The first-order valence-electron chi connectivity index (χ1n) is 11.6. The number of amides is 1. The van der Waals surface area contributed by atoms with Gasteiger partial charge in [-0.05, 0) is 61.6 Å². The second-order valence-electron chi connectivity index (χ2n) is 8.90. The largest absolute Gasteiger partial charge is 0.381 e. The molecule has 0 spiro atoms. The van der Waals surface area contributed by atoms with E-state index in [1.807, 2.05) is 11.9 Å². The Kier molecular flexibility index (Phi) is 7.33. The van der Waals surface area contributed by atoms with Gasteiger partial charge in [0, 0.05) is 38.9 Å². The summed E-state index contributed by atoms with van der Waals surface area (Å²) in [5.74, 6) is -0.170. The van der Waals surface area contributed by atoms with Crippen molar-refractivity contribution in [1.29, 1.82) is 0 Å². The van der Waals surface area contributed by atoms with Crippen LogP contribution in [0.25, 0.3) is 0 Å². The normalized spacial score (nSPS) is 20.1. The number of amidine groups is 1. The molecule has 2 aliphatic heterocycles. The Morgan fingerprint density at radius 2 is 1.85 bits per heavy atom. The van der Waals surface area contributed by atoms with E-state index in [9.17, 15) is 17.6 Å². The minimum atomic E-state index is -3.94. The van der Waals surface area contributed by atoms with E-state index in [0.29, 0.717) is 49.6 Å². The number of nitrogens with one attached hydrogen (secondary N) is 1. The van der Waals surface area contributed by atoms with E-state index in [4.69, 9.17) is 4.74 Å². The summed E-state index contributed by atoms with van der Waals surface area (Å²) in [6.07, 6.45) is 4.38. The number of likely N-dealkylation sites (tertiary alicyclic amines) is 1. The average Bonchev–Trinajstić information content (AvgIpc) is 3.03. The number of ether oxygens (including phenoxy) is 1. The van der Waals surface area contributed by atoms with Crippen LogP contribution in [0, 0.1) is 5.82 Å². The third-order valence-corrected chi connectivity index (χ3v) is 7.91. The monoisotopic (exact) mass is 487 g/mol. The van der Waals surface area contributed by atoms with Gasteiger partial charge < -0.3 is 15.0 Å². The van der Waals surface area contributed by atoms with Crippen molar-refractivity contribution in [3.63, 3.8) is 0 Å². The van der Waals surface area contributed by atoms with Crippen LogP contribution in [0.4, 0.5) is 10.1 Å². The minimum Gasteiger partial charge on any atom is -0.381 e. The van der Waals surface area contributed by atoms with Gasteiger partial charge in [0.15, 0.2) is 0 Å². The van der Waals surface area contributed by atoms with E-state index >= 15 is 0 Å². The summed E-state index contributed by atoms with van der Waals surface area (Å²) in [6, 6.07) is 12.2. The van der Waals surface area contributed by atoms with E-state index in [1.54, 1.807) is 24.3 Å². The van der Waals surface area contributed by atoms with Crippen LogP contribution in [0.3, 0.4) is 0 Å². The van der Waals surface area contributed by atoms with Crippen LogP contribution in [0.5, 0.6) is 0 Å². The number of sulfonamides is 1. The molecule has 34 heavy (non-hydrogen) atoms. The molecule has 9 heteroatoms. The third-order valence-electron chi connectivity index (χ3n) is 6.61. The first kappa shape index (κ1) is 24.3. The van der Waals surface area contributed by atoms with Crippen LogP contribution in [-0.4, -0.2) is 51.9 Å². The zero-order chi connectivity index (χ0) is 24.2. The van der Waals surface area contributed by atoms with E-state index in [1.165, 1.54) is 24.3 Å². The lowest BCUT2D eigenvalue weighted by Gasteiger charge is -2.36. The summed E-state index contributed by atoms with van der Waals surface area (Å²) in [7, 11) is -2.08. The summed E-state index contributed by atoms with van der Waals surface area (Å²) in [5, 5.41) is 2.87. The molecular formula is C25H30FN3O4S. The second-order valence-corrected chi connectivity index (χ2v) is 10.5. The SMILES string of the molecule is CN1CCCCC/C1=N\S(=O)(=O)c1cccc(NC(=O)C2(c3cccc(F)c3)CCOCC2)c1. The molecule has 7 nitrogen and oxygen atoms in total. The van der Waals surface area contributed by atoms with Gasteiger partial charge in [-0.25, -0.2) is 4.39 Å². The molecule has 0 radical (unpaired) electrons. The summed E-state index contributed by atoms with van der Waals surface area (Å²) < 4.78 is 49.6. The Bertz CT molecular complexity index is 1180. The van der Waals surface area contributed by atoms with Crippen molar-refractivity contribution >= 4 is 27.5 Å². The Balaban J connectivity index is 1.60. The van der Waals surface area contributed by atoms with Crippen molar-refractivity contribution in [3.05, 3.63) is 59.9 Å². The molecule has 1 amide bonds. The van der Waals surface area contributed by atoms with E-state index < -0.39 is 21.3 Å². The van der Waals surface area contributed by atoms with Crippen LogP contribution in [0.2, 0.25) is 0 Å². The molecule has 0 saturated carbocycles. The molecule has 182 valence electrons. The summed E-state index contributed by atoms with van der Waals surface area (Å²) in [5.41, 5.74) is -0.0268. The Hall–Kier alpha value is -2.78. The van der Waals surface area contributed by atoms with Crippen LogP contribution in [0.15, 0.2) is 57.8 Å². The lowest BCUT2D eigenvalue weighted by Crippen LogP contribution is -2.44. The fourth-order valence-corrected chi connectivity index (χ4v) is 5.71. The van der Waals surface area contributed by atoms with Crippen molar-refractivity contribution in [1.82, 2.24) is 4.90 Å². The first-order valence-corrected chi connectivity index (χ1v) is 13.0. The van der Waals surface area contributed by atoms with Gasteiger partial charge in [-0.3, -0.25) is 4.79 Å². The maximum atomic E-state index is 14.0. The smallest absolute Gasteiger partial charge is 0.284 e. The molecule has 0 unspecified atom stereocenters. The van der Waals surface area contributed by atoms with Crippen molar-refractivity contribution < 1.29 is 22.3 Å². The van der Waals surface area contributed by atoms with Gasteiger partial charge in [0.25, 0.3) is 10.0 Å². The van der Waals surface area contributed by atoms with Gasteiger partial charge in [0.2, 0.25) is 5.91 Å². The Morgan fingerprint density at radius 3 is 2.62 bits per heavy atom. The third kappa shape index (κ3) is 5.31. The van der Waals surface area contributed by atoms with Gasteiger partial charge in [-0.1, -0.05) is 24.6 Å². The van der Waals surface area contributed by atoms with Gasteiger partial charge >= 0.3 is 0 Å². The molecule has 2 saturated heterocycles. The average molecular weight is 488 g/mol. The zero-order valence-electron chi connectivity index (χ0n) is 19.3. The topological polar surface area (TPSA) is 88.1 Å². The molecule has 2 aromatic carbocycles. The zero-order valence-corrected chi connectivity index (χ0v) is 20.1. The van der Waals surface area contributed by atoms with Crippen molar-refractivity contribution in [2.45, 2.75) is 48.8 Å². The number of carbonyl (C=O) groups is 1. The highest BCUT2D eigenvalue weighted by Gasteiger charge is 2.42. The highest BCUT2D eigenvalue weighted by atomic mass is 32.2. The fourth-order valence-electron chi connectivity index (χ4n) is 4.57. The highest BCUT2D eigenvalue weighted by molar-refractivity contribution is 7.90. The summed E-state index contributed by atoms with van der Waals surface area (Å²) in [4.78, 5) is 15.4. The number of anilines is 1.